The summed E-state index contributed by atoms with van der Waals surface area (Å²) in [6.07, 6.45) is 0.995. The summed E-state index contributed by atoms with van der Waals surface area (Å²) in [6.45, 7) is 13.6. The van der Waals surface area contributed by atoms with Gasteiger partial charge in [-0.05, 0) is 60.1 Å². The molecule has 0 bridgehead atoms. The number of nitrogens with one attached hydrogen (secondary N) is 1. The lowest BCUT2D eigenvalue weighted by molar-refractivity contribution is 0.429. The average Bonchev–Trinajstić information content (AvgIpc) is 2.07. The minimum absolute atomic E-state index is 0.174. The molecular formula is C13H23N3. The van der Waals surface area contributed by atoms with Crippen molar-refractivity contribution in [2.24, 2.45) is 0 Å². The van der Waals surface area contributed by atoms with E-state index in [0.29, 0.717) is 0 Å². The highest BCUT2D eigenvalue weighted by molar-refractivity contribution is 5.24. The van der Waals surface area contributed by atoms with E-state index in [2.05, 4.69) is 49.9 Å². The van der Waals surface area contributed by atoms with E-state index in [-0.39, 0.29) is 5.54 Å². The third-order valence-electron chi connectivity index (χ3n) is 2.56. The van der Waals surface area contributed by atoms with Crippen LogP contribution in [0.15, 0.2) is 0 Å². The SMILES string of the molecule is Cc1nc(C)c(CCNC(C)(C)C)c(C)n1. The average molecular weight is 221 g/mol. The van der Waals surface area contributed by atoms with Crippen molar-refractivity contribution in [1.29, 1.82) is 0 Å². The molecule has 1 aromatic rings. The van der Waals surface area contributed by atoms with Crippen LogP contribution in [-0.2, 0) is 6.42 Å². The molecule has 0 saturated carbocycles. The van der Waals surface area contributed by atoms with Gasteiger partial charge >= 0.3 is 0 Å². The Balaban J connectivity index is 2.68. The van der Waals surface area contributed by atoms with Crippen molar-refractivity contribution in [3.05, 3.63) is 22.8 Å². The van der Waals surface area contributed by atoms with Gasteiger partial charge in [0.1, 0.15) is 5.82 Å². The maximum absolute atomic E-state index is 4.41. The number of aryl methyl sites for hydroxylation is 3. The van der Waals surface area contributed by atoms with Gasteiger partial charge in [0.25, 0.3) is 0 Å². The third kappa shape index (κ3) is 3.89. The summed E-state index contributed by atoms with van der Waals surface area (Å²) in [7, 11) is 0. The quantitative estimate of drug-likeness (QED) is 0.851. The Morgan fingerprint density at radius 2 is 1.50 bits per heavy atom. The Morgan fingerprint density at radius 3 is 1.94 bits per heavy atom. The second-order valence-corrected chi connectivity index (χ2v) is 5.35. The highest BCUT2D eigenvalue weighted by Gasteiger charge is 2.10. The number of hydrogen-bond donors (Lipinski definition) is 1. The Morgan fingerprint density at radius 1 is 1.00 bits per heavy atom. The third-order valence-corrected chi connectivity index (χ3v) is 2.56. The Hall–Kier alpha value is -0.960. The number of hydrogen-bond acceptors (Lipinski definition) is 3. The lowest BCUT2D eigenvalue weighted by atomic mass is 10.1. The van der Waals surface area contributed by atoms with E-state index in [0.717, 1.165) is 30.2 Å². The Labute approximate surface area is 98.7 Å². The van der Waals surface area contributed by atoms with Gasteiger partial charge in [-0.3, -0.25) is 0 Å². The van der Waals surface area contributed by atoms with Gasteiger partial charge in [-0.2, -0.15) is 0 Å². The van der Waals surface area contributed by atoms with Crippen molar-refractivity contribution in [3.63, 3.8) is 0 Å². The fraction of sp³-hybridized carbons (Fsp3) is 0.692. The predicted molar refractivity (Wildman–Crippen MR) is 67.7 cm³/mol. The molecule has 0 amide bonds. The molecule has 16 heavy (non-hydrogen) atoms. The summed E-state index contributed by atoms with van der Waals surface area (Å²) in [5, 5.41) is 3.48. The van der Waals surface area contributed by atoms with Gasteiger partial charge in [0.2, 0.25) is 0 Å². The highest BCUT2D eigenvalue weighted by atomic mass is 14.9. The maximum Gasteiger partial charge on any atom is 0.125 e. The van der Waals surface area contributed by atoms with Crippen molar-refractivity contribution >= 4 is 0 Å². The van der Waals surface area contributed by atoms with Crippen LogP contribution in [0.2, 0.25) is 0 Å². The molecular weight excluding hydrogens is 198 g/mol. The maximum atomic E-state index is 4.41. The van der Waals surface area contributed by atoms with Gasteiger partial charge in [0.05, 0.1) is 0 Å². The fourth-order valence-electron chi connectivity index (χ4n) is 1.83. The van der Waals surface area contributed by atoms with E-state index in [1.54, 1.807) is 0 Å². The summed E-state index contributed by atoms with van der Waals surface area (Å²) >= 11 is 0. The molecule has 1 aromatic heterocycles. The molecule has 1 rings (SSSR count). The molecule has 0 radical (unpaired) electrons. The molecule has 90 valence electrons. The summed E-state index contributed by atoms with van der Waals surface area (Å²) in [6, 6.07) is 0. The standard InChI is InChI=1S/C13H23N3/c1-9-12(7-8-14-13(4,5)6)10(2)16-11(3)15-9/h14H,7-8H2,1-6H3. The first-order chi connectivity index (χ1) is 7.29. The summed E-state index contributed by atoms with van der Waals surface area (Å²) < 4.78 is 0. The molecule has 3 nitrogen and oxygen atoms in total. The predicted octanol–water partition coefficient (Wildman–Crippen LogP) is 2.33. The van der Waals surface area contributed by atoms with Gasteiger partial charge in [-0.15, -0.1) is 0 Å². The zero-order valence-electron chi connectivity index (χ0n) is 11.3. The molecule has 0 aliphatic carbocycles. The van der Waals surface area contributed by atoms with E-state index < -0.39 is 0 Å². The lowest BCUT2D eigenvalue weighted by Gasteiger charge is -2.21. The van der Waals surface area contributed by atoms with Crippen LogP contribution in [0.3, 0.4) is 0 Å². The first-order valence-electron chi connectivity index (χ1n) is 5.85. The molecule has 3 heteroatoms. The van der Waals surface area contributed by atoms with Crippen LogP contribution in [0.5, 0.6) is 0 Å². The normalized spacial score (nSPS) is 11.9. The van der Waals surface area contributed by atoms with Gasteiger partial charge in [-0.25, -0.2) is 9.97 Å². The zero-order chi connectivity index (χ0) is 12.3. The lowest BCUT2D eigenvalue weighted by Crippen LogP contribution is -2.37. The number of aromatic nitrogens is 2. The van der Waals surface area contributed by atoms with E-state index in [1.807, 2.05) is 6.92 Å². The van der Waals surface area contributed by atoms with Crippen LogP contribution in [0.4, 0.5) is 0 Å². The molecule has 0 atom stereocenters. The van der Waals surface area contributed by atoms with E-state index in [9.17, 15) is 0 Å². The van der Waals surface area contributed by atoms with Crippen molar-refractivity contribution in [2.75, 3.05) is 6.54 Å². The second-order valence-electron chi connectivity index (χ2n) is 5.35. The van der Waals surface area contributed by atoms with E-state index in [1.165, 1.54) is 5.56 Å². The molecule has 0 aliphatic heterocycles. The highest BCUT2D eigenvalue weighted by Crippen LogP contribution is 2.10. The summed E-state index contributed by atoms with van der Waals surface area (Å²) in [4.78, 5) is 8.82. The van der Waals surface area contributed by atoms with E-state index in [4.69, 9.17) is 0 Å². The summed E-state index contributed by atoms with van der Waals surface area (Å²) in [5.41, 5.74) is 3.68. The minimum atomic E-state index is 0.174. The molecule has 0 aromatic carbocycles. The molecule has 1 N–H and O–H groups in total. The van der Waals surface area contributed by atoms with E-state index >= 15 is 0 Å². The van der Waals surface area contributed by atoms with Gasteiger partial charge in [-0.1, -0.05) is 0 Å². The molecule has 0 aliphatic rings. The van der Waals surface area contributed by atoms with Crippen LogP contribution in [0.1, 0.15) is 43.5 Å². The fourth-order valence-corrected chi connectivity index (χ4v) is 1.83. The van der Waals surface area contributed by atoms with Gasteiger partial charge in [0.15, 0.2) is 0 Å². The molecule has 0 saturated heterocycles. The van der Waals surface area contributed by atoms with Crippen LogP contribution in [-0.4, -0.2) is 22.1 Å². The number of rotatable bonds is 3. The first-order valence-corrected chi connectivity index (χ1v) is 5.85. The first kappa shape index (κ1) is 13.1. The van der Waals surface area contributed by atoms with Crippen LogP contribution in [0, 0.1) is 20.8 Å². The molecule has 0 unspecified atom stereocenters. The molecule has 0 fully saturated rings. The van der Waals surface area contributed by atoms with Gasteiger partial charge in [0, 0.05) is 16.9 Å². The van der Waals surface area contributed by atoms with Crippen LogP contribution in [0.25, 0.3) is 0 Å². The topological polar surface area (TPSA) is 37.8 Å². The zero-order valence-corrected chi connectivity index (χ0v) is 11.3. The van der Waals surface area contributed by atoms with Crippen LogP contribution < -0.4 is 5.32 Å². The number of nitrogens with zero attached hydrogens (tertiary/aromatic N) is 2. The molecule has 1 heterocycles. The van der Waals surface area contributed by atoms with Crippen molar-refractivity contribution in [1.82, 2.24) is 15.3 Å². The van der Waals surface area contributed by atoms with Crippen molar-refractivity contribution < 1.29 is 0 Å². The van der Waals surface area contributed by atoms with Crippen molar-refractivity contribution in [2.45, 2.75) is 53.5 Å². The summed E-state index contributed by atoms with van der Waals surface area (Å²) in [5.74, 6) is 0.863. The second kappa shape index (κ2) is 4.91. The molecule has 0 spiro atoms. The monoisotopic (exact) mass is 221 g/mol. The van der Waals surface area contributed by atoms with Crippen molar-refractivity contribution in [3.8, 4) is 0 Å². The van der Waals surface area contributed by atoms with Crippen LogP contribution >= 0.6 is 0 Å². The van der Waals surface area contributed by atoms with Gasteiger partial charge < -0.3 is 5.32 Å². The Bertz CT molecular complexity index is 341. The smallest absolute Gasteiger partial charge is 0.125 e. The minimum Gasteiger partial charge on any atom is -0.312 e. The largest absolute Gasteiger partial charge is 0.312 e. The Kier molecular flexibility index (Phi) is 4.03.